The Morgan fingerprint density at radius 1 is 1.30 bits per heavy atom. The Labute approximate surface area is 114 Å². The van der Waals surface area contributed by atoms with E-state index in [4.69, 9.17) is 17.3 Å². The molecule has 0 spiro atoms. The quantitative estimate of drug-likeness (QED) is 0.722. The summed E-state index contributed by atoms with van der Waals surface area (Å²) in [6, 6.07) is 0.800. The molecule has 3 heterocycles. The molecule has 10 heteroatoms. The first kappa shape index (κ1) is 12.7. The number of nitrogens with zero attached hydrogens (tertiary/aromatic N) is 4. The van der Waals surface area contributed by atoms with E-state index in [-0.39, 0.29) is 22.3 Å². The average molecular weight is 303 g/mol. The number of halogens is 4. The highest BCUT2D eigenvalue weighted by Crippen LogP contribution is 2.33. The number of aromatic amines is 1. The SMILES string of the molecule is Nc1[nH]ncc1-c1nnc2c(Cl)cc(C(F)(F)F)cn12. The number of fused-ring (bicyclic) bond motifs is 1. The van der Waals surface area contributed by atoms with Crippen molar-refractivity contribution >= 4 is 23.1 Å². The van der Waals surface area contributed by atoms with Crippen LogP contribution in [0.5, 0.6) is 0 Å². The van der Waals surface area contributed by atoms with E-state index in [9.17, 15) is 13.2 Å². The second kappa shape index (κ2) is 4.10. The maximum absolute atomic E-state index is 12.8. The van der Waals surface area contributed by atoms with E-state index in [1.54, 1.807) is 0 Å². The Kier molecular flexibility index (Phi) is 2.61. The van der Waals surface area contributed by atoms with E-state index in [2.05, 4.69) is 20.4 Å². The summed E-state index contributed by atoms with van der Waals surface area (Å²) in [6.07, 6.45) is -2.32. The van der Waals surface area contributed by atoms with Gasteiger partial charge in [0.1, 0.15) is 5.82 Å². The van der Waals surface area contributed by atoms with Crippen LogP contribution in [0.3, 0.4) is 0 Å². The monoisotopic (exact) mass is 302 g/mol. The molecule has 20 heavy (non-hydrogen) atoms. The minimum absolute atomic E-state index is 0.107. The fourth-order valence-corrected chi connectivity index (χ4v) is 2.01. The van der Waals surface area contributed by atoms with Gasteiger partial charge in [0.05, 0.1) is 22.3 Å². The summed E-state index contributed by atoms with van der Waals surface area (Å²) in [5.74, 6) is 0.298. The Bertz CT molecular complexity index is 790. The third-order valence-electron chi connectivity index (χ3n) is 2.70. The van der Waals surface area contributed by atoms with Gasteiger partial charge in [0.25, 0.3) is 0 Å². The van der Waals surface area contributed by atoms with Crippen LogP contribution in [-0.4, -0.2) is 24.8 Å². The van der Waals surface area contributed by atoms with E-state index >= 15 is 0 Å². The summed E-state index contributed by atoms with van der Waals surface area (Å²) in [4.78, 5) is 0. The van der Waals surface area contributed by atoms with Crippen LogP contribution in [-0.2, 0) is 6.18 Å². The zero-order chi connectivity index (χ0) is 14.5. The predicted molar refractivity (Wildman–Crippen MR) is 65.0 cm³/mol. The molecule has 0 aliphatic carbocycles. The molecule has 0 fully saturated rings. The van der Waals surface area contributed by atoms with Gasteiger partial charge in [0.15, 0.2) is 11.5 Å². The zero-order valence-electron chi connectivity index (χ0n) is 9.61. The number of alkyl halides is 3. The second-order valence-electron chi connectivity index (χ2n) is 3.99. The lowest BCUT2D eigenvalue weighted by Crippen LogP contribution is -2.07. The first-order valence-electron chi connectivity index (χ1n) is 5.28. The van der Waals surface area contributed by atoms with Gasteiger partial charge < -0.3 is 5.73 Å². The molecular weight excluding hydrogens is 297 g/mol. The van der Waals surface area contributed by atoms with Crippen molar-refractivity contribution in [2.75, 3.05) is 5.73 Å². The summed E-state index contributed by atoms with van der Waals surface area (Å²) in [7, 11) is 0. The van der Waals surface area contributed by atoms with Crippen LogP contribution in [0.1, 0.15) is 5.56 Å². The largest absolute Gasteiger partial charge is 0.417 e. The van der Waals surface area contributed by atoms with E-state index in [0.29, 0.717) is 5.56 Å². The highest BCUT2D eigenvalue weighted by molar-refractivity contribution is 6.33. The lowest BCUT2D eigenvalue weighted by molar-refractivity contribution is -0.137. The Morgan fingerprint density at radius 2 is 2.05 bits per heavy atom. The van der Waals surface area contributed by atoms with Gasteiger partial charge in [-0.05, 0) is 6.07 Å². The molecule has 0 atom stereocenters. The highest BCUT2D eigenvalue weighted by Gasteiger charge is 2.32. The Hall–Kier alpha value is -2.29. The first-order valence-corrected chi connectivity index (χ1v) is 5.66. The highest BCUT2D eigenvalue weighted by atomic mass is 35.5. The number of hydrogen-bond donors (Lipinski definition) is 2. The lowest BCUT2D eigenvalue weighted by atomic mass is 10.2. The van der Waals surface area contributed by atoms with E-state index in [1.165, 1.54) is 6.20 Å². The first-order chi connectivity index (χ1) is 9.38. The van der Waals surface area contributed by atoms with Gasteiger partial charge in [-0.15, -0.1) is 10.2 Å². The van der Waals surface area contributed by atoms with Crippen LogP contribution in [0.4, 0.5) is 19.0 Å². The van der Waals surface area contributed by atoms with Gasteiger partial charge in [-0.1, -0.05) is 11.6 Å². The molecule has 0 aliphatic rings. The van der Waals surface area contributed by atoms with Crippen molar-refractivity contribution < 1.29 is 13.2 Å². The summed E-state index contributed by atoms with van der Waals surface area (Å²) in [5.41, 5.74) is 5.17. The Balaban J connectivity index is 2.31. The number of pyridine rings is 1. The van der Waals surface area contributed by atoms with Crippen LogP contribution >= 0.6 is 11.6 Å². The molecule has 6 nitrogen and oxygen atoms in total. The maximum atomic E-state index is 12.8. The third-order valence-corrected chi connectivity index (χ3v) is 2.98. The van der Waals surface area contributed by atoms with Crippen molar-refractivity contribution in [1.29, 1.82) is 0 Å². The van der Waals surface area contributed by atoms with Gasteiger partial charge in [-0.3, -0.25) is 9.50 Å². The van der Waals surface area contributed by atoms with E-state index in [0.717, 1.165) is 16.7 Å². The molecule has 104 valence electrons. The zero-order valence-corrected chi connectivity index (χ0v) is 10.4. The summed E-state index contributed by atoms with van der Waals surface area (Å²) in [5, 5.41) is 13.6. The molecule has 3 aromatic rings. The van der Waals surface area contributed by atoms with Crippen molar-refractivity contribution in [3.05, 3.63) is 29.0 Å². The molecule has 3 rings (SSSR count). The second-order valence-corrected chi connectivity index (χ2v) is 4.40. The van der Waals surface area contributed by atoms with Gasteiger partial charge in [0.2, 0.25) is 0 Å². The Morgan fingerprint density at radius 3 is 2.65 bits per heavy atom. The van der Waals surface area contributed by atoms with Crippen LogP contribution in [0.2, 0.25) is 5.02 Å². The number of H-pyrrole nitrogens is 1. The predicted octanol–water partition coefficient (Wildman–Crippen LogP) is 2.37. The normalized spacial score (nSPS) is 12.2. The molecule has 0 bridgehead atoms. The molecular formula is C10H6ClF3N6. The minimum atomic E-state index is -4.53. The van der Waals surface area contributed by atoms with E-state index < -0.39 is 11.7 Å². The van der Waals surface area contributed by atoms with Crippen molar-refractivity contribution in [2.24, 2.45) is 0 Å². The molecule has 0 radical (unpaired) electrons. The molecule has 0 saturated heterocycles. The van der Waals surface area contributed by atoms with E-state index in [1.807, 2.05) is 0 Å². The van der Waals surface area contributed by atoms with Crippen LogP contribution in [0.25, 0.3) is 17.0 Å². The fourth-order valence-electron chi connectivity index (χ4n) is 1.77. The number of aromatic nitrogens is 5. The molecule has 3 aromatic heterocycles. The van der Waals surface area contributed by atoms with Crippen LogP contribution < -0.4 is 5.73 Å². The standard InChI is InChI=1S/C10H6ClF3N6/c11-6-1-4(10(12,13)14)3-20-8(18-19-9(6)20)5-2-16-17-7(5)15/h1-3H,(H3,15,16,17). The number of nitrogen functional groups attached to an aromatic ring is 1. The van der Waals surface area contributed by atoms with Gasteiger partial charge in [-0.25, -0.2) is 0 Å². The van der Waals surface area contributed by atoms with Crippen molar-refractivity contribution in [3.8, 4) is 11.4 Å². The topological polar surface area (TPSA) is 84.9 Å². The molecule has 0 aliphatic heterocycles. The van der Waals surface area contributed by atoms with Crippen LogP contribution in [0, 0.1) is 0 Å². The number of rotatable bonds is 1. The number of nitrogens with one attached hydrogen (secondary N) is 1. The van der Waals surface area contributed by atoms with Gasteiger partial charge >= 0.3 is 6.18 Å². The summed E-state index contributed by atoms with van der Waals surface area (Å²) >= 11 is 5.80. The summed E-state index contributed by atoms with van der Waals surface area (Å²) in [6.45, 7) is 0. The number of nitrogens with two attached hydrogens (primary N) is 1. The van der Waals surface area contributed by atoms with Crippen molar-refractivity contribution in [3.63, 3.8) is 0 Å². The third kappa shape index (κ3) is 1.86. The number of hydrogen-bond acceptors (Lipinski definition) is 4. The molecule has 0 unspecified atom stereocenters. The lowest BCUT2D eigenvalue weighted by Gasteiger charge is -2.08. The fraction of sp³-hybridized carbons (Fsp3) is 0.100. The average Bonchev–Trinajstić information content (AvgIpc) is 2.93. The summed E-state index contributed by atoms with van der Waals surface area (Å²) < 4.78 is 39.5. The van der Waals surface area contributed by atoms with Crippen LogP contribution in [0.15, 0.2) is 18.5 Å². The molecule has 3 N–H and O–H groups in total. The van der Waals surface area contributed by atoms with Crippen molar-refractivity contribution in [2.45, 2.75) is 6.18 Å². The van der Waals surface area contributed by atoms with Crippen molar-refractivity contribution in [1.82, 2.24) is 24.8 Å². The van der Waals surface area contributed by atoms with Gasteiger partial charge in [-0.2, -0.15) is 18.3 Å². The minimum Gasteiger partial charge on any atom is -0.383 e. The van der Waals surface area contributed by atoms with Gasteiger partial charge in [0, 0.05) is 6.20 Å². The maximum Gasteiger partial charge on any atom is 0.417 e. The molecule has 0 aromatic carbocycles. The molecule has 0 saturated carbocycles. The molecule has 0 amide bonds. The smallest absolute Gasteiger partial charge is 0.383 e. The number of anilines is 1.